The summed E-state index contributed by atoms with van der Waals surface area (Å²) in [7, 11) is 0. The van der Waals surface area contributed by atoms with Crippen molar-refractivity contribution in [2.45, 2.75) is 89.5 Å². The average Bonchev–Trinajstić information content (AvgIpc) is 3.97. The minimum absolute atomic E-state index is 0.153. The highest BCUT2D eigenvalue weighted by atomic mass is 16.4. The third kappa shape index (κ3) is 7.79. The third-order valence-corrected chi connectivity index (χ3v) is 11.6. The van der Waals surface area contributed by atoms with Crippen LogP contribution in [0.5, 0.6) is 0 Å². The molecule has 1 aliphatic heterocycles. The minimum Gasteiger partial charge on any atom is -0.481 e. The monoisotopic (exact) mass is 660 g/mol. The molecule has 2 amide bonds. The van der Waals surface area contributed by atoms with Crippen molar-refractivity contribution in [3.63, 3.8) is 0 Å². The van der Waals surface area contributed by atoms with Crippen LogP contribution in [0.3, 0.4) is 0 Å². The Labute approximate surface area is 289 Å². The first-order chi connectivity index (χ1) is 23.8. The lowest BCUT2D eigenvalue weighted by molar-refractivity contribution is -0.153. The zero-order chi connectivity index (χ0) is 33.9. The molecule has 3 fully saturated rings. The molecular weight excluding hydrogens is 612 g/mol. The van der Waals surface area contributed by atoms with Gasteiger partial charge in [-0.1, -0.05) is 68.7 Å². The maximum atomic E-state index is 13.5. The molecule has 8 heteroatoms. The number of carboxylic acids is 1. The summed E-state index contributed by atoms with van der Waals surface area (Å²) < 4.78 is 0. The Morgan fingerprint density at radius 1 is 0.857 bits per heavy atom. The molecule has 4 aliphatic rings. The average molecular weight is 661 g/mol. The van der Waals surface area contributed by atoms with Crippen LogP contribution in [0.15, 0.2) is 67.0 Å². The quantitative estimate of drug-likeness (QED) is 0.223. The molecule has 1 unspecified atom stereocenters. The first-order valence-electron chi connectivity index (χ1n) is 18.4. The number of rotatable bonds is 11. The molecule has 2 aromatic carbocycles. The molecule has 0 radical (unpaired) electrons. The zero-order valence-corrected chi connectivity index (χ0v) is 28.5. The van der Waals surface area contributed by atoms with Crippen molar-refractivity contribution in [1.82, 2.24) is 20.2 Å². The molecule has 2 N–H and O–H groups in total. The van der Waals surface area contributed by atoms with Crippen LogP contribution < -0.4 is 5.32 Å². The Morgan fingerprint density at radius 2 is 1.55 bits per heavy atom. The molecule has 3 aliphatic carbocycles. The summed E-state index contributed by atoms with van der Waals surface area (Å²) >= 11 is 0. The Morgan fingerprint density at radius 3 is 2.14 bits per heavy atom. The van der Waals surface area contributed by atoms with E-state index in [4.69, 9.17) is 9.97 Å². The van der Waals surface area contributed by atoms with Crippen molar-refractivity contribution in [2.24, 2.45) is 23.7 Å². The second-order valence-corrected chi connectivity index (χ2v) is 14.8. The van der Waals surface area contributed by atoms with Gasteiger partial charge in [0.15, 0.2) is 5.82 Å². The fourth-order valence-electron chi connectivity index (χ4n) is 8.08. The molecule has 256 valence electrons. The van der Waals surface area contributed by atoms with Gasteiger partial charge in [-0.25, -0.2) is 9.97 Å². The summed E-state index contributed by atoms with van der Waals surface area (Å²) in [6.45, 7) is 2.64. The van der Waals surface area contributed by atoms with Crippen molar-refractivity contribution in [2.75, 3.05) is 13.1 Å². The van der Waals surface area contributed by atoms with E-state index >= 15 is 0 Å². The summed E-state index contributed by atoms with van der Waals surface area (Å²) in [5, 5.41) is 12.3. The first kappa shape index (κ1) is 33.2. The molecule has 2 saturated carbocycles. The Bertz CT molecular complexity index is 1670. The number of carboxylic acid groups (broad SMARTS) is 1. The maximum absolute atomic E-state index is 13.5. The van der Waals surface area contributed by atoms with E-state index in [0.717, 1.165) is 47.3 Å². The SMILES string of the molecule is CC[C@H]1CC[C@H](C2CC=C(c3cnc(-c4ccc(C[C@H](NC(=O)c5ccc(C6CC6)cc5)C(=O)N5CC(C(=O)O)C5)cc4)nc3)CC2)CC1. The highest BCUT2D eigenvalue weighted by molar-refractivity contribution is 5.98. The van der Waals surface area contributed by atoms with E-state index in [1.54, 1.807) is 0 Å². The normalized spacial score (nSPS) is 23.2. The number of amides is 2. The maximum Gasteiger partial charge on any atom is 0.310 e. The summed E-state index contributed by atoms with van der Waals surface area (Å²) in [4.78, 5) is 49.0. The predicted molar refractivity (Wildman–Crippen MR) is 190 cm³/mol. The van der Waals surface area contributed by atoms with E-state index < -0.39 is 17.9 Å². The van der Waals surface area contributed by atoms with Crippen LogP contribution in [0.2, 0.25) is 0 Å². The molecule has 0 bridgehead atoms. The third-order valence-electron chi connectivity index (χ3n) is 11.6. The van der Waals surface area contributed by atoms with Gasteiger partial charge in [-0.2, -0.15) is 0 Å². The van der Waals surface area contributed by atoms with Crippen LogP contribution in [0, 0.1) is 23.7 Å². The van der Waals surface area contributed by atoms with Crippen LogP contribution in [0.1, 0.15) is 104 Å². The molecular formula is C41H48N4O4. The highest BCUT2D eigenvalue weighted by Crippen LogP contribution is 2.42. The standard InChI is InChI=1S/C41H48N4O4/c1-2-26-3-7-28(8-4-26)29-13-15-32(16-14-29)35-22-42-38(43-23-35)33-9-5-27(6-10-33)21-37(40(47)45-24-36(25-45)41(48)49)44-39(46)34-19-17-31(18-20-34)30-11-12-30/h5-6,9-10,15,17-20,22-23,26,28-30,36-37H,2-4,7-8,11-14,16,21,24-25H2,1H3,(H,44,46)(H,48,49)/t26-,28-,29?,37-/m0/s1. The second-order valence-electron chi connectivity index (χ2n) is 14.8. The summed E-state index contributed by atoms with van der Waals surface area (Å²) in [6, 6.07) is 14.6. The molecule has 49 heavy (non-hydrogen) atoms. The predicted octanol–water partition coefficient (Wildman–Crippen LogP) is 7.31. The second kappa shape index (κ2) is 14.7. The molecule has 3 aromatic rings. The number of aromatic nitrogens is 2. The number of nitrogens with zero attached hydrogens (tertiary/aromatic N) is 3. The Balaban J connectivity index is 0.981. The number of carbonyl (C=O) groups excluding carboxylic acids is 2. The van der Waals surface area contributed by atoms with Crippen LogP contribution in [0.4, 0.5) is 0 Å². The van der Waals surface area contributed by atoms with Gasteiger partial charge in [-0.3, -0.25) is 14.4 Å². The first-order valence-corrected chi connectivity index (χ1v) is 18.4. The van der Waals surface area contributed by atoms with Gasteiger partial charge >= 0.3 is 5.97 Å². The molecule has 0 spiro atoms. The fourth-order valence-corrected chi connectivity index (χ4v) is 8.08. The fraction of sp³-hybridized carbons (Fsp3) is 0.488. The number of hydrogen-bond acceptors (Lipinski definition) is 5. The lowest BCUT2D eigenvalue weighted by Crippen LogP contribution is -2.59. The zero-order valence-electron chi connectivity index (χ0n) is 28.5. The Kier molecular flexibility index (Phi) is 9.92. The molecule has 7 rings (SSSR count). The number of likely N-dealkylation sites (tertiary alicyclic amines) is 1. The van der Waals surface area contributed by atoms with Gasteiger partial charge in [0.05, 0.1) is 5.92 Å². The van der Waals surface area contributed by atoms with Gasteiger partial charge in [-0.05, 0) is 97.5 Å². The molecule has 1 saturated heterocycles. The lowest BCUT2D eigenvalue weighted by atomic mass is 9.71. The van der Waals surface area contributed by atoms with Crippen molar-refractivity contribution in [1.29, 1.82) is 0 Å². The van der Waals surface area contributed by atoms with Gasteiger partial charge in [0, 0.05) is 48.6 Å². The van der Waals surface area contributed by atoms with Crippen molar-refractivity contribution >= 4 is 23.4 Å². The van der Waals surface area contributed by atoms with Crippen LogP contribution in [-0.2, 0) is 16.0 Å². The van der Waals surface area contributed by atoms with Crippen molar-refractivity contribution < 1.29 is 19.5 Å². The van der Waals surface area contributed by atoms with Crippen LogP contribution in [-0.4, -0.2) is 56.9 Å². The molecule has 2 heterocycles. The van der Waals surface area contributed by atoms with Crippen LogP contribution in [0.25, 0.3) is 17.0 Å². The van der Waals surface area contributed by atoms with Gasteiger partial charge in [0.25, 0.3) is 5.91 Å². The number of allylic oxidation sites excluding steroid dienone is 2. The number of aliphatic carboxylic acids is 1. The largest absolute Gasteiger partial charge is 0.481 e. The minimum atomic E-state index is -0.907. The van der Waals surface area contributed by atoms with E-state index in [2.05, 4.69) is 18.3 Å². The van der Waals surface area contributed by atoms with E-state index in [-0.39, 0.29) is 31.3 Å². The van der Waals surface area contributed by atoms with E-state index in [0.29, 0.717) is 17.3 Å². The summed E-state index contributed by atoms with van der Waals surface area (Å²) in [5.74, 6) is 1.82. The van der Waals surface area contributed by atoms with Gasteiger partial charge in [0.2, 0.25) is 5.91 Å². The van der Waals surface area contributed by atoms with Crippen molar-refractivity contribution in [3.8, 4) is 11.4 Å². The number of carbonyl (C=O) groups is 3. The molecule has 8 nitrogen and oxygen atoms in total. The summed E-state index contributed by atoms with van der Waals surface area (Å²) in [5.41, 5.74) is 5.96. The van der Waals surface area contributed by atoms with Crippen LogP contribution >= 0.6 is 0 Å². The Hall–Kier alpha value is -4.33. The van der Waals surface area contributed by atoms with E-state index in [1.165, 1.54) is 67.4 Å². The van der Waals surface area contributed by atoms with Crippen molar-refractivity contribution in [3.05, 3.63) is 89.3 Å². The highest BCUT2D eigenvalue weighted by Gasteiger charge is 2.39. The van der Waals surface area contributed by atoms with Gasteiger partial charge in [0.1, 0.15) is 6.04 Å². The van der Waals surface area contributed by atoms with E-state index in [1.807, 2.05) is 60.9 Å². The smallest absolute Gasteiger partial charge is 0.310 e. The summed E-state index contributed by atoms with van der Waals surface area (Å²) in [6.07, 6.45) is 19.4. The number of benzene rings is 2. The number of nitrogens with one attached hydrogen (secondary N) is 1. The number of hydrogen-bond donors (Lipinski definition) is 2. The van der Waals surface area contributed by atoms with E-state index in [9.17, 15) is 19.5 Å². The van der Waals surface area contributed by atoms with Gasteiger partial charge in [-0.15, -0.1) is 0 Å². The molecule has 1 aromatic heterocycles. The topological polar surface area (TPSA) is 112 Å². The lowest BCUT2D eigenvalue weighted by Gasteiger charge is -2.39. The molecule has 2 atom stereocenters. The van der Waals surface area contributed by atoms with Gasteiger partial charge < -0.3 is 15.3 Å².